The molecular weight excluding hydrogens is 751 g/mol. The predicted octanol–water partition coefficient (Wildman–Crippen LogP) is 10.1. The molecule has 0 rings (SSSR count). The highest BCUT2D eigenvalue weighted by atomic mass is 31.2. The first-order valence-corrected chi connectivity index (χ1v) is 21.5. The van der Waals surface area contributed by atoms with E-state index in [1.807, 2.05) is 13.8 Å². The SMILES string of the molecule is CC=COCCOOOOOOCCCCCCCCCCCCC.CC=COCCOOOOOOCCCCCCCCCCCCC.O=P(O)(O)O. The molecule has 19 heteroatoms. The van der Waals surface area contributed by atoms with Crippen LogP contribution in [-0.4, -0.2) is 54.3 Å². The Hall–Kier alpha value is -1.29. The molecule has 0 heterocycles. The Morgan fingerprint density at radius 3 is 0.855 bits per heavy atom. The summed E-state index contributed by atoms with van der Waals surface area (Å²) in [7, 11) is -4.64. The van der Waals surface area contributed by atoms with Crippen LogP contribution in [-0.2, 0) is 73.9 Å². The summed E-state index contributed by atoms with van der Waals surface area (Å²) in [5, 5.41) is 33.5. The summed E-state index contributed by atoms with van der Waals surface area (Å²) in [6.07, 6.45) is 34.8. The van der Waals surface area contributed by atoms with Crippen LogP contribution in [0.1, 0.15) is 169 Å². The van der Waals surface area contributed by atoms with Crippen LogP contribution in [0.4, 0.5) is 0 Å². The lowest BCUT2D eigenvalue weighted by Gasteiger charge is -2.03. The second-order valence-electron chi connectivity index (χ2n) is 12.1. The maximum absolute atomic E-state index is 8.88. The van der Waals surface area contributed by atoms with Gasteiger partial charge in [-0.25, -0.2) is 24.1 Å². The lowest BCUT2D eigenvalue weighted by Crippen LogP contribution is -2.05. The van der Waals surface area contributed by atoms with Crippen molar-refractivity contribution in [1.29, 1.82) is 0 Å². The van der Waals surface area contributed by atoms with Gasteiger partial charge in [-0.05, 0) is 67.0 Å². The lowest BCUT2D eigenvalue weighted by atomic mass is 10.1. The fourth-order valence-electron chi connectivity index (χ4n) is 4.40. The van der Waals surface area contributed by atoms with E-state index in [2.05, 4.69) is 63.9 Å². The van der Waals surface area contributed by atoms with Gasteiger partial charge in [0.25, 0.3) is 0 Å². The largest absolute Gasteiger partial charge is 0.499 e. The molecule has 0 aromatic carbocycles. The highest BCUT2D eigenvalue weighted by Crippen LogP contribution is 2.25. The smallest absolute Gasteiger partial charge is 0.466 e. The normalized spacial score (nSPS) is 11.5. The third-order valence-electron chi connectivity index (χ3n) is 7.06. The second kappa shape index (κ2) is 54.8. The first-order valence-electron chi connectivity index (χ1n) is 19.9. The summed E-state index contributed by atoms with van der Waals surface area (Å²) in [5.74, 6) is 0. The van der Waals surface area contributed by atoms with Crippen molar-refractivity contribution in [2.75, 3.05) is 39.6 Å². The van der Waals surface area contributed by atoms with E-state index in [0.717, 1.165) is 25.7 Å². The van der Waals surface area contributed by atoms with E-state index in [0.29, 0.717) is 26.4 Å². The Kier molecular flexibility index (Phi) is 57.8. The Bertz CT molecular complexity index is 715. The van der Waals surface area contributed by atoms with Gasteiger partial charge in [0.1, 0.15) is 26.4 Å². The number of phosphoric acid groups is 1. The summed E-state index contributed by atoms with van der Waals surface area (Å²) < 4.78 is 18.8. The molecule has 0 aliphatic rings. The standard InChI is InChI=1S/2C18H36O7.H3O4P/c2*1-3-5-6-7-8-9-10-11-12-13-14-16-20-22-24-25-23-21-18-17-19-15-4-2;1-5(2,3)4/h2*4,15H,3,5-14,16-18H2,1-2H3;(H3,1,2,3,4). The molecule has 332 valence electrons. The molecular formula is C36H75O18P. The minimum Gasteiger partial charge on any atom is -0.499 e. The zero-order valence-electron chi connectivity index (χ0n) is 34.0. The molecule has 0 spiro atoms. The molecule has 0 aliphatic heterocycles. The van der Waals surface area contributed by atoms with Crippen LogP contribution >= 0.6 is 7.82 Å². The molecule has 0 saturated carbocycles. The quantitative estimate of drug-likeness (QED) is 0.0172. The number of ether oxygens (including phenoxy) is 2. The van der Waals surface area contributed by atoms with Gasteiger partial charge in [-0.2, -0.15) is 0 Å². The van der Waals surface area contributed by atoms with Gasteiger partial charge < -0.3 is 24.2 Å². The minimum absolute atomic E-state index is 0.188. The monoisotopic (exact) mass is 826 g/mol. The third-order valence-corrected chi connectivity index (χ3v) is 7.06. The van der Waals surface area contributed by atoms with Crippen LogP contribution in [0.3, 0.4) is 0 Å². The minimum atomic E-state index is -4.64. The first kappa shape index (κ1) is 58.0. The first-order chi connectivity index (χ1) is 26.8. The summed E-state index contributed by atoms with van der Waals surface area (Å²) in [5.41, 5.74) is 0. The number of unbranched alkanes of at least 4 members (excludes halogenated alkanes) is 20. The Balaban J connectivity index is -0.000000874. The lowest BCUT2D eigenvalue weighted by molar-refractivity contribution is -0.756. The van der Waals surface area contributed by atoms with Crippen LogP contribution < -0.4 is 0 Å². The van der Waals surface area contributed by atoms with E-state index in [9.17, 15) is 0 Å². The van der Waals surface area contributed by atoms with E-state index >= 15 is 0 Å². The van der Waals surface area contributed by atoms with Crippen molar-refractivity contribution in [1.82, 2.24) is 0 Å². The van der Waals surface area contributed by atoms with Crippen molar-refractivity contribution in [3.8, 4) is 0 Å². The number of hydrogen-bond donors (Lipinski definition) is 3. The molecule has 0 aliphatic carbocycles. The van der Waals surface area contributed by atoms with E-state index in [-0.39, 0.29) is 13.2 Å². The molecule has 0 aromatic rings. The molecule has 0 bridgehead atoms. The highest BCUT2D eigenvalue weighted by Gasteiger charge is 2.00. The van der Waals surface area contributed by atoms with E-state index in [1.54, 1.807) is 24.7 Å². The maximum Gasteiger partial charge on any atom is 0.466 e. The van der Waals surface area contributed by atoms with E-state index in [1.165, 1.54) is 116 Å². The van der Waals surface area contributed by atoms with Crippen molar-refractivity contribution in [3.05, 3.63) is 24.7 Å². The zero-order valence-corrected chi connectivity index (χ0v) is 34.9. The van der Waals surface area contributed by atoms with Gasteiger partial charge in [-0.3, -0.25) is 0 Å². The van der Waals surface area contributed by atoms with Crippen LogP contribution in [0, 0.1) is 0 Å². The summed E-state index contributed by atoms with van der Waals surface area (Å²) in [4.78, 5) is 40.2. The van der Waals surface area contributed by atoms with Gasteiger partial charge in [0, 0.05) is 0 Å². The van der Waals surface area contributed by atoms with Crippen molar-refractivity contribution >= 4 is 7.82 Å². The van der Waals surface area contributed by atoms with Crippen molar-refractivity contribution in [3.63, 3.8) is 0 Å². The number of hydrogen-bond acceptors (Lipinski definition) is 15. The van der Waals surface area contributed by atoms with Crippen LogP contribution in [0.25, 0.3) is 0 Å². The van der Waals surface area contributed by atoms with Crippen LogP contribution in [0.2, 0.25) is 0 Å². The Morgan fingerprint density at radius 1 is 0.364 bits per heavy atom. The second-order valence-corrected chi connectivity index (χ2v) is 13.1. The molecule has 0 amide bonds. The average Bonchev–Trinajstić information content (AvgIpc) is 3.15. The molecule has 0 fully saturated rings. The molecule has 18 nitrogen and oxygen atoms in total. The maximum atomic E-state index is 8.88. The third kappa shape index (κ3) is 74.3. The average molecular weight is 827 g/mol. The van der Waals surface area contributed by atoms with Crippen molar-refractivity contribution in [2.45, 2.75) is 169 Å². The van der Waals surface area contributed by atoms with Crippen molar-refractivity contribution < 1.29 is 88.6 Å². The zero-order chi connectivity index (χ0) is 41.0. The molecule has 0 radical (unpaired) electrons. The van der Waals surface area contributed by atoms with Gasteiger partial charge in [0.2, 0.25) is 0 Å². The summed E-state index contributed by atoms with van der Waals surface area (Å²) >= 11 is 0. The Morgan fingerprint density at radius 2 is 0.600 bits per heavy atom. The predicted molar refractivity (Wildman–Crippen MR) is 201 cm³/mol. The fourth-order valence-corrected chi connectivity index (χ4v) is 4.40. The molecule has 0 unspecified atom stereocenters. The van der Waals surface area contributed by atoms with E-state index < -0.39 is 7.82 Å². The summed E-state index contributed by atoms with van der Waals surface area (Å²) in [6, 6.07) is 0. The fraction of sp³-hybridized carbons (Fsp3) is 0.889. The molecule has 55 heavy (non-hydrogen) atoms. The number of allylic oxidation sites excluding steroid dienone is 2. The van der Waals surface area contributed by atoms with Gasteiger partial charge in [-0.15, -0.1) is 0 Å². The molecule has 0 aromatic heterocycles. The van der Waals surface area contributed by atoms with Gasteiger partial charge >= 0.3 is 7.82 Å². The Labute approximate surface area is 329 Å². The molecule has 0 atom stereocenters. The van der Waals surface area contributed by atoms with Crippen LogP contribution in [0.15, 0.2) is 24.7 Å². The van der Waals surface area contributed by atoms with Gasteiger partial charge in [-0.1, -0.05) is 154 Å². The topological polar surface area (TPSA) is 207 Å². The summed E-state index contributed by atoms with van der Waals surface area (Å²) in [6.45, 7) is 10.1. The highest BCUT2D eigenvalue weighted by molar-refractivity contribution is 7.45. The van der Waals surface area contributed by atoms with E-state index in [4.69, 9.17) is 38.5 Å². The number of rotatable bonds is 42. The van der Waals surface area contributed by atoms with Crippen molar-refractivity contribution in [2.24, 2.45) is 0 Å². The molecule has 3 N–H and O–H groups in total. The van der Waals surface area contributed by atoms with Gasteiger partial charge in [0.05, 0.1) is 25.7 Å². The van der Waals surface area contributed by atoms with Crippen LogP contribution in [0.5, 0.6) is 0 Å². The molecule has 0 saturated heterocycles. The van der Waals surface area contributed by atoms with Gasteiger partial charge in [0.15, 0.2) is 0 Å².